The Morgan fingerprint density at radius 3 is 2.56 bits per heavy atom. The summed E-state index contributed by atoms with van der Waals surface area (Å²) in [5, 5.41) is 0. The zero-order valence-corrected chi connectivity index (χ0v) is 5.89. The number of rotatable bonds is 2. The summed E-state index contributed by atoms with van der Waals surface area (Å²) >= 11 is 0. The number of aliphatic imine (C=N–C) groups is 1. The summed E-state index contributed by atoms with van der Waals surface area (Å²) in [7, 11) is 0. The number of nitrogens with two attached hydrogens (primary N) is 1. The maximum Gasteiger partial charge on any atom is 0.125 e. The van der Waals surface area contributed by atoms with Crippen LogP contribution < -0.4 is 5.73 Å². The number of nitrogens with zero attached hydrogens (tertiary/aromatic N) is 1. The number of hydrogen-bond donors (Lipinski definition) is 1. The Balaban J connectivity index is 4.27. The van der Waals surface area contributed by atoms with Crippen molar-refractivity contribution in [2.75, 3.05) is 0 Å². The fourth-order valence-corrected chi connectivity index (χ4v) is 0.345. The first-order valence-corrected chi connectivity index (χ1v) is 2.79. The van der Waals surface area contributed by atoms with Crippen LogP contribution in [0.4, 0.5) is 0 Å². The largest absolute Gasteiger partial charge is 0.383 e. The van der Waals surface area contributed by atoms with E-state index in [0.717, 1.165) is 5.57 Å². The van der Waals surface area contributed by atoms with Gasteiger partial charge in [0.05, 0.1) is 0 Å². The quantitative estimate of drug-likeness (QED) is 0.439. The molecular weight excluding hydrogens is 112 g/mol. The summed E-state index contributed by atoms with van der Waals surface area (Å²) in [6.45, 7) is 7.25. The van der Waals surface area contributed by atoms with Crippen molar-refractivity contribution in [1.82, 2.24) is 0 Å². The van der Waals surface area contributed by atoms with Crippen LogP contribution in [0.2, 0.25) is 0 Å². The zero-order valence-electron chi connectivity index (χ0n) is 5.89. The molecule has 2 heteroatoms. The predicted octanol–water partition coefficient (Wildman–Crippen LogP) is 1.45. The molecule has 0 saturated heterocycles. The second-order valence-corrected chi connectivity index (χ2v) is 1.66. The summed E-state index contributed by atoms with van der Waals surface area (Å²) in [4.78, 5) is 3.86. The van der Waals surface area contributed by atoms with Gasteiger partial charge in [-0.15, -0.1) is 0 Å². The maximum absolute atomic E-state index is 5.45. The van der Waals surface area contributed by atoms with Crippen LogP contribution in [0.5, 0.6) is 0 Å². The molecule has 0 radical (unpaired) electrons. The van der Waals surface area contributed by atoms with Crippen LogP contribution in [0, 0.1) is 0 Å². The molecule has 0 aromatic rings. The van der Waals surface area contributed by atoms with Gasteiger partial charge in [-0.25, -0.2) is 4.99 Å². The summed E-state index contributed by atoms with van der Waals surface area (Å²) in [6.07, 6.45) is 3.34. The molecule has 0 aliphatic rings. The van der Waals surface area contributed by atoms with Crippen molar-refractivity contribution in [1.29, 1.82) is 0 Å². The second kappa shape index (κ2) is 3.89. The third kappa shape index (κ3) is 2.69. The van der Waals surface area contributed by atoms with Crippen LogP contribution in [0.1, 0.15) is 13.8 Å². The molecule has 0 aromatic heterocycles. The van der Waals surface area contributed by atoms with E-state index in [1.807, 2.05) is 13.8 Å². The van der Waals surface area contributed by atoms with Gasteiger partial charge < -0.3 is 5.73 Å². The molecular formula is C7H12N2. The van der Waals surface area contributed by atoms with Crippen molar-refractivity contribution >= 4 is 6.21 Å². The molecule has 0 amide bonds. The van der Waals surface area contributed by atoms with E-state index in [-0.39, 0.29) is 0 Å². The summed E-state index contributed by atoms with van der Waals surface area (Å²) in [6, 6.07) is 0. The standard InChI is InChI=1S/C7H12N2/c1-4-6(3)7(8)9-5-2/h4-5H,1,8H2,2-3H3/b7-6+,9-5?. The maximum atomic E-state index is 5.45. The Morgan fingerprint density at radius 2 is 2.22 bits per heavy atom. The fourth-order valence-electron chi connectivity index (χ4n) is 0.345. The van der Waals surface area contributed by atoms with E-state index < -0.39 is 0 Å². The molecule has 0 aliphatic heterocycles. The molecule has 0 spiro atoms. The third-order valence-corrected chi connectivity index (χ3v) is 0.978. The lowest BCUT2D eigenvalue weighted by atomic mass is 10.3. The first kappa shape index (κ1) is 7.95. The molecule has 0 fully saturated rings. The topological polar surface area (TPSA) is 38.4 Å². The minimum Gasteiger partial charge on any atom is -0.383 e. The molecule has 9 heavy (non-hydrogen) atoms. The van der Waals surface area contributed by atoms with E-state index in [0.29, 0.717) is 5.82 Å². The lowest BCUT2D eigenvalue weighted by Gasteiger charge is -1.93. The van der Waals surface area contributed by atoms with E-state index >= 15 is 0 Å². The van der Waals surface area contributed by atoms with Crippen molar-refractivity contribution < 1.29 is 0 Å². The fraction of sp³-hybridized carbons (Fsp3) is 0.286. The van der Waals surface area contributed by atoms with Gasteiger partial charge in [-0.3, -0.25) is 0 Å². The van der Waals surface area contributed by atoms with Gasteiger partial charge in [-0.05, 0) is 19.4 Å². The van der Waals surface area contributed by atoms with Gasteiger partial charge in [0.1, 0.15) is 5.82 Å². The van der Waals surface area contributed by atoms with Gasteiger partial charge in [0.15, 0.2) is 0 Å². The highest BCUT2D eigenvalue weighted by atomic mass is 14.9. The highest BCUT2D eigenvalue weighted by Gasteiger charge is 1.85. The Hall–Kier alpha value is -1.05. The molecule has 0 saturated carbocycles. The smallest absolute Gasteiger partial charge is 0.125 e. The number of allylic oxidation sites excluding steroid dienone is 2. The van der Waals surface area contributed by atoms with E-state index in [1.165, 1.54) is 0 Å². The Bertz CT molecular complexity index is 154. The molecule has 2 N–H and O–H groups in total. The van der Waals surface area contributed by atoms with Crippen LogP contribution in [0.3, 0.4) is 0 Å². The molecule has 0 rings (SSSR count). The first-order valence-electron chi connectivity index (χ1n) is 2.79. The molecule has 0 heterocycles. The van der Waals surface area contributed by atoms with Crippen molar-refractivity contribution in [3.8, 4) is 0 Å². The SMILES string of the molecule is C=C/C(C)=C(\N)N=CC. The summed E-state index contributed by atoms with van der Waals surface area (Å²) in [5.41, 5.74) is 6.36. The normalized spacial score (nSPS) is 13.6. The second-order valence-electron chi connectivity index (χ2n) is 1.66. The molecule has 0 unspecified atom stereocenters. The molecule has 0 aromatic carbocycles. The third-order valence-electron chi connectivity index (χ3n) is 0.978. The van der Waals surface area contributed by atoms with Gasteiger partial charge in [-0.2, -0.15) is 0 Å². The van der Waals surface area contributed by atoms with Crippen LogP contribution >= 0.6 is 0 Å². The van der Waals surface area contributed by atoms with Crippen molar-refractivity contribution in [3.63, 3.8) is 0 Å². The van der Waals surface area contributed by atoms with Crippen LogP contribution in [-0.2, 0) is 0 Å². The summed E-state index contributed by atoms with van der Waals surface area (Å²) in [5.74, 6) is 0.535. The van der Waals surface area contributed by atoms with Gasteiger partial charge in [0.2, 0.25) is 0 Å². The molecule has 50 valence electrons. The highest BCUT2D eigenvalue weighted by molar-refractivity contribution is 5.55. The minimum absolute atomic E-state index is 0.535. The lowest BCUT2D eigenvalue weighted by molar-refractivity contribution is 1.19. The number of hydrogen-bond acceptors (Lipinski definition) is 2. The van der Waals surface area contributed by atoms with E-state index in [1.54, 1.807) is 12.3 Å². The zero-order chi connectivity index (χ0) is 7.28. The van der Waals surface area contributed by atoms with Crippen LogP contribution in [0.25, 0.3) is 0 Å². The van der Waals surface area contributed by atoms with Gasteiger partial charge in [0, 0.05) is 6.21 Å². The van der Waals surface area contributed by atoms with E-state index in [2.05, 4.69) is 11.6 Å². The highest BCUT2D eigenvalue weighted by Crippen LogP contribution is 1.97. The average Bonchev–Trinajstić information content (AvgIpc) is 1.87. The predicted molar refractivity (Wildman–Crippen MR) is 41.3 cm³/mol. The van der Waals surface area contributed by atoms with Crippen molar-refractivity contribution in [2.45, 2.75) is 13.8 Å². The Morgan fingerprint density at radius 1 is 1.67 bits per heavy atom. The van der Waals surface area contributed by atoms with Gasteiger partial charge in [0.25, 0.3) is 0 Å². The van der Waals surface area contributed by atoms with Crippen molar-refractivity contribution in [2.24, 2.45) is 10.7 Å². The van der Waals surface area contributed by atoms with Gasteiger partial charge in [-0.1, -0.05) is 12.7 Å². The molecule has 0 bridgehead atoms. The minimum atomic E-state index is 0.535. The monoisotopic (exact) mass is 124 g/mol. The van der Waals surface area contributed by atoms with Crippen LogP contribution in [-0.4, -0.2) is 6.21 Å². The Kier molecular flexibility index (Phi) is 3.44. The first-order chi connectivity index (χ1) is 4.22. The van der Waals surface area contributed by atoms with E-state index in [4.69, 9.17) is 5.73 Å². The Labute approximate surface area is 55.8 Å². The van der Waals surface area contributed by atoms with Crippen molar-refractivity contribution in [3.05, 3.63) is 24.0 Å². The van der Waals surface area contributed by atoms with E-state index in [9.17, 15) is 0 Å². The molecule has 0 atom stereocenters. The lowest BCUT2D eigenvalue weighted by Crippen LogP contribution is -1.95. The summed E-state index contributed by atoms with van der Waals surface area (Å²) < 4.78 is 0. The van der Waals surface area contributed by atoms with Gasteiger partial charge >= 0.3 is 0 Å². The van der Waals surface area contributed by atoms with Crippen LogP contribution in [0.15, 0.2) is 29.0 Å². The molecule has 0 aliphatic carbocycles. The average molecular weight is 124 g/mol. The molecule has 2 nitrogen and oxygen atoms in total.